The molecule has 0 radical (unpaired) electrons. The van der Waals surface area contributed by atoms with Gasteiger partial charge in [0, 0.05) is 26.8 Å². The molecule has 0 aliphatic heterocycles. The maximum Gasteiger partial charge on any atom is 0.308 e. The zero-order chi connectivity index (χ0) is 14.5. The fourth-order valence-corrected chi connectivity index (χ4v) is 4.20. The van der Waals surface area contributed by atoms with E-state index in [1.54, 1.807) is 0 Å². The molecule has 1 aromatic heterocycles. The van der Waals surface area contributed by atoms with Crippen LogP contribution >= 0.6 is 27.3 Å². The van der Waals surface area contributed by atoms with Crippen LogP contribution in [0, 0.1) is 12.8 Å². The van der Waals surface area contributed by atoms with Gasteiger partial charge in [-0.1, -0.05) is 0 Å². The fourth-order valence-electron chi connectivity index (χ4n) is 2.64. The van der Waals surface area contributed by atoms with Crippen molar-refractivity contribution < 1.29 is 9.53 Å². The first-order valence-corrected chi connectivity index (χ1v) is 8.86. The number of hydrogen-bond donors (Lipinski definition) is 1. The van der Waals surface area contributed by atoms with Gasteiger partial charge in [-0.2, -0.15) is 0 Å². The predicted molar refractivity (Wildman–Crippen MR) is 86.0 cm³/mol. The van der Waals surface area contributed by atoms with Gasteiger partial charge in [0.15, 0.2) is 0 Å². The molecule has 0 bridgehead atoms. The molecule has 3 nitrogen and oxygen atoms in total. The van der Waals surface area contributed by atoms with Gasteiger partial charge in [-0.3, -0.25) is 4.79 Å². The summed E-state index contributed by atoms with van der Waals surface area (Å²) < 4.78 is 6.30. The van der Waals surface area contributed by atoms with Crippen molar-refractivity contribution in [2.24, 2.45) is 5.92 Å². The fraction of sp³-hybridized carbons (Fsp3) is 0.667. The molecule has 1 fully saturated rings. The van der Waals surface area contributed by atoms with Gasteiger partial charge in [0.25, 0.3) is 0 Å². The Labute approximate surface area is 133 Å². The second-order valence-corrected chi connectivity index (χ2v) is 7.49. The lowest BCUT2D eigenvalue weighted by molar-refractivity contribution is -0.149. The SMILES string of the molecule is CCOC(=O)C1CCC(NCc2cc(Br)c(C)s2)CC1. The Morgan fingerprint density at radius 3 is 2.70 bits per heavy atom. The normalized spacial score (nSPS) is 22.8. The highest BCUT2D eigenvalue weighted by Gasteiger charge is 2.26. The van der Waals surface area contributed by atoms with E-state index < -0.39 is 0 Å². The average molecular weight is 360 g/mol. The third kappa shape index (κ3) is 4.30. The molecule has 1 aliphatic rings. The number of esters is 1. The summed E-state index contributed by atoms with van der Waals surface area (Å²) in [5.41, 5.74) is 0. The van der Waals surface area contributed by atoms with Crippen LogP contribution in [0.15, 0.2) is 10.5 Å². The molecule has 20 heavy (non-hydrogen) atoms. The summed E-state index contributed by atoms with van der Waals surface area (Å²) in [6.45, 7) is 5.41. The van der Waals surface area contributed by atoms with Gasteiger partial charge in [-0.25, -0.2) is 0 Å². The second kappa shape index (κ2) is 7.57. The first kappa shape index (κ1) is 16.0. The van der Waals surface area contributed by atoms with Crippen molar-refractivity contribution in [3.8, 4) is 0 Å². The van der Waals surface area contributed by atoms with Crippen LogP contribution in [0.4, 0.5) is 0 Å². The molecule has 1 saturated carbocycles. The summed E-state index contributed by atoms with van der Waals surface area (Å²) in [6, 6.07) is 2.72. The van der Waals surface area contributed by atoms with Crippen molar-refractivity contribution in [1.29, 1.82) is 0 Å². The van der Waals surface area contributed by atoms with Crippen LogP contribution < -0.4 is 5.32 Å². The first-order chi connectivity index (χ1) is 9.60. The molecule has 5 heteroatoms. The van der Waals surface area contributed by atoms with Crippen LogP contribution in [0.1, 0.15) is 42.4 Å². The number of thiophene rings is 1. The highest BCUT2D eigenvalue weighted by atomic mass is 79.9. The number of hydrogen-bond acceptors (Lipinski definition) is 4. The lowest BCUT2D eigenvalue weighted by atomic mass is 9.86. The molecule has 0 amide bonds. The van der Waals surface area contributed by atoms with E-state index in [0.29, 0.717) is 12.6 Å². The topological polar surface area (TPSA) is 38.3 Å². The van der Waals surface area contributed by atoms with Crippen LogP contribution in [0.5, 0.6) is 0 Å². The van der Waals surface area contributed by atoms with E-state index in [1.807, 2.05) is 18.3 Å². The number of carbonyl (C=O) groups is 1. The van der Waals surface area contributed by atoms with Gasteiger partial charge < -0.3 is 10.1 Å². The van der Waals surface area contributed by atoms with Gasteiger partial charge in [-0.05, 0) is 61.5 Å². The number of carbonyl (C=O) groups excluding carboxylic acids is 1. The quantitative estimate of drug-likeness (QED) is 0.806. The molecular formula is C15H22BrNO2S. The van der Waals surface area contributed by atoms with Gasteiger partial charge in [-0.15, -0.1) is 11.3 Å². The van der Waals surface area contributed by atoms with Crippen molar-refractivity contribution in [3.05, 3.63) is 20.3 Å². The van der Waals surface area contributed by atoms with Crippen LogP contribution in [0.3, 0.4) is 0 Å². The predicted octanol–water partition coefficient (Wildman–Crippen LogP) is 4.03. The van der Waals surface area contributed by atoms with Crippen molar-refractivity contribution in [1.82, 2.24) is 5.32 Å². The summed E-state index contributed by atoms with van der Waals surface area (Å²) in [5.74, 6) is 0.106. The molecular weight excluding hydrogens is 338 g/mol. The van der Waals surface area contributed by atoms with Crippen molar-refractivity contribution >= 4 is 33.2 Å². The van der Waals surface area contributed by atoms with E-state index in [-0.39, 0.29) is 11.9 Å². The van der Waals surface area contributed by atoms with Crippen molar-refractivity contribution in [2.45, 2.75) is 52.1 Å². The average Bonchev–Trinajstić information content (AvgIpc) is 2.76. The van der Waals surface area contributed by atoms with E-state index in [4.69, 9.17) is 4.74 Å². The molecule has 0 spiro atoms. The van der Waals surface area contributed by atoms with Crippen molar-refractivity contribution in [2.75, 3.05) is 6.61 Å². The van der Waals surface area contributed by atoms with Crippen LogP contribution in [0.2, 0.25) is 0 Å². The zero-order valence-corrected chi connectivity index (χ0v) is 14.5. The Morgan fingerprint density at radius 1 is 1.45 bits per heavy atom. The summed E-state index contributed by atoms with van der Waals surface area (Å²) >= 11 is 5.38. The Bertz CT molecular complexity index is 433. The van der Waals surface area contributed by atoms with Crippen LogP contribution in [-0.4, -0.2) is 18.6 Å². The molecule has 1 heterocycles. The lowest BCUT2D eigenvalue weighted by Crippen LogP contribution is -2.34. The third-order valence-electron chi connectivity index (χ3n) is 3.82. The van der Waals surface area contributed by atoms with Gasteiger partial charge in [0.05, 0.1) is 12.5 Å². The Kier molecular flexibility index (Phi) is 6.05. The molecule has 1 N–H and O–H groups in total. The van der Waals surface area contributed by atoms with E-state index in [1.165, 1.54) is 14.2 Å². The molecule has 1 aromatic rings. The van der Waals surface area contributed by atoms with Gasteiger partial charge in [0.2, 0.25) is 0 Å². The monoisotopic (exact) mass is 359 g/mol. The second-order valence-electron chi connectivity index (χ2n) is 5.30. The van der Waals surface area contributed by atoms with Crippen molar-refractivity contribution in [3.63, 3.8) is 0 Å². The number of halogens is 1. The summed E-state index contributed by atoms with van der Waals surface area (Å²) in [4.78, 5) is 14.4. The Balaban J connectivity index is 1.73. The third-order valence-corrected chi connectivity index (χ3v) is 5.96. The molecule has 0 unspecified atom stereocenters. The molecule has 0 atom stereocenters. The van der Waals surface area contributed by atoms with Crippen LogP contribution in [0.25, 0.3) is 0 Å². The van der Waals surface area contributed by atoms with Gasteiger partial charge >= 0.3 is 5.97 Å². The summed E-state index contributed by atoms with van der Waals surface area (Å²) in [6.07, 6.45) is 4.03. The number of aryl methyl sites for hydroxylation is 1. The molecule has 112 valence electrons. The molecule has 0 saturated heterocycles. The van der Waals surface area contributed by atoms with E-state index in [2.05, 4.69) is 34.2 Å². The maximum atomic E-state index is 11.7. The molecule has 2 rings (SSSR count). The first-order valence-electron chi connectivity index (χ1n) is 7.25. The minimum Gasteiger partial charge on any atom is -0.466 e. The van der Waals surface area contributed by atoms with Gasteiger partial charge in [0.1, 0.15) is 0 Å². The Hall–Kier alpha value is -0.390. The lowest BCUT2D eigenvalue weighted by Gasteiger charge is -2.27. The number of ether oxygens (including phenoxy) is 1. The maximum absolute atomic E-state index is 11.7. The largest absolute Gasteiger partial charge is 0.466 e. The molecule has 0 aromatic carbocycles. The standard InChI is InChI=1S/C15H22BrNO2S/c1-3-19-15(18)11-4-6-12(7-5-11)17-9-13-8-14(16)10(2)20-13/h8,11-12,17H,3-7,9H2,1-2H3. The summed E-state index contributed by atoms with van der Waals surface area (Å²) in [5, 5.41) is 3.61. The summed E-state index contributed by atoms with van der Waals surface area (Å²) in [7, 11) is 0. The number of nitrogens with one attached hydrogen (secondary N) is 1. The van der Waals surface area contributed by atoms with Crippen LogP contribution in [-0.2, 0) is 16.1 Å². The minimum atomic E-state index is -0.0104. The van der Waals surface area contributed by atoms with E-state index in [0.717, 1.165) is 32.2 Å². The minimum absolute atomic E-state index is 0.0104. The highest BCUT2D eigenvalue weighted by Crippen LogP contribution is 2.28. The zero-order valence-electron chi connectivity index (χ0n) is 12.1. The smallest absolute Gasteiger partial charge is 0.308 e. The number of rotatable bonds is 5. The molecule has 1 aliphatic carbocycles. The Morgan fingerprint density at radius 2 is 2.15 bits per heavy atom. The highest BCUT2D eigenvalue weighted by molar-refractivity contribution is 9.10. The van der Waals surface area contributed by atoms with E-state index in [9.17, 15) is 4.79 Å². The van der Waals surface area contributed by atoms with E-state index >= 15 is 0 Å².